The molecule has 1 unspecified atom stereocenters. The zero-order valence-corrected chi connectivity index (χ0v) is 15.6. The first-order valence-electron chi connectivity index (χ1n) is 8.88. The van der Waals surface area contributed by atoms with Crippen molar-refractivity contribution in [3.8, 4) is 0 Å². The zero-order valence-electron chi connectivity index (χ0n) is 14.8. The van der Waals surface area contributed by atoms with Gasteiger partial charge in [0.25, 0.3) is 0 Å². The lowest BCUT2D eigenvalue weighted by molar-refractivity contribution is -0.143. The van der Waals surface area contributed by atoms with E-state index in [1.807, 2.05) is 18.2 Å². The molecule has 1 aliphatic rings. The Morgan fingerprint density at radius 3 is 2.44 bits per heavy atom. The van der Waals surface area contributed by atoms with E-state index in [0.29, 0.717) is 19.4 Å². The molecular weight excluding hydrogens is 338 g/mol. The van der Waals surface area contributed by atoms with Crippen LogP contribution in [-0.2, 0) is 25.8 Å². The largest absolute Gasteiger partial charge is 0.335 e. The van der Waals surface area contributed by atoms with E-state index in [0.717, 1.165) is 25.7 Å². The van der Waals surface area contributed by atoms with E-state index in [1.165, 1.54) is 16.7 Å². The topological polar surface area (TPSA) is 71.5 Å². The molecular formula is C19H27NO4S. The Morgan fingerprint density at radius 2 is 1.88 bits per heavy atom. The lowest BCUT2D eigenvalue weighted by Gasteiger charge is -2.30. The van der Waals surface area contributed by atoms with Gasteiger partial charge in [-0.1, -0.05) is 43.2 Å². The number of Topliss-reactive ketones (excluding diaryl/α,β-unsaturated/α-hetero) is 1. The maximum Gasteiger partial charge on any atom is 0.224 e. The van der Waals surface area contributed by atoms with Gasteiger partial charge in [0.15, 0.2) is 15.6 Å². The molecule has 1 atom stereocenters. The fraction of sp³-hybridized carbons (Fsp3) is 0.579. The van der Waals surface area contributed by atoms with Crippen LogP contribution in [0.25, 0.3) is 0 Å². The summed E-state index contributed by atoms with van der Waals surface area (Å²) in [5, 5.41) is -0.631. The Labute approximate surface area is 150 Å². The molecule has 1 aliphatic heterocycles. The smallest absolute Gasteiger partial charge is 0.224 e. The van der Waals surface area contributed by atoms with Gasteiger partial charge >= 0.3 is 0 Å². The van der Waals surface area contributed by atoms with Crippen molar-refractivity contribution < 1.29 is 18.0 Å². The number of hydrogen-bond acceptors (Lipinski definition) is 4. The number of likely N-dealkylation sites (tertiary alicyclic amines) is 1. The highest BCUT2D eigenvalue weighted by Crippen LogP contribution is 2.17. The van der Waals surface area contributed by atoms with Gasteiger partial charge in [0.2, 0.25) is 5.91 Å². The third-order valence-electron chi connectivity index (χ3n) is 4.71. The average molecular weight is 365 g/mol. The number of sulfone groups is 1. The molecule has 0 aliphatic carbocycles. The number of β-lactam (4-membered cyclic amide) rings is 1. The molecule has 1 fully saturated rings. The van der Waals surface area contributed by atoms with Crippen LogP contribution in [0.1, 0.15) is 44.1 Å². The molecule has 0 N–H and O–H groups in total. The highest BCUT2D eigenvalue weighted by Gasteiger charge is 2.28. The molecule has 1 saturated heterocycles. The minimum absolute atomic E-state index is 0.0152. The van der Waals surface area contributed by atoms with Gasteiger partial charge in [0, 0.05) is 25.6 Å². The van der Waals surface area contributed by atoms with Gasteiger partial charge < -0.3 is 4.90 Å². The van der Waals surface area contributed by atoms with Gasteiger partial charge in [-0.05, 0) is 24.8 Å². The molecule has 1 heterocycles. The molecule has 1 amide bonds. The predicted octanol–water partition coefficient (Wildman–Crippen LogP) is 2.39. The molecule has 25 heavy (non-hydrogen) atoms. The van der Waals surface area contributed by atoms with Crippen molar-refractivity contribution in [2.24, 2.45) is 0 Å². The van der Waals surface area contributed by atoms with Gasteiger partial charge in [-0.2, -0.15) is 0 Å². The highest BCUT2D eigenvalue weighted by atomic mass is 32.2. The molecule has 138 valence electrons. The van der Waals surface area contributed by atoms with Crippen molar-refractivity contribution in [2.75, 3.05) is 19.3 Å². The number of ketones is 1. The number of hydrogen-bond donors (Lipinski definition) is 0. The van der Waals surface area contributed by atoms with Gasteiger partial charge in [-0.25, -0.2) is 8.42 Å². The van der Waals surface area contributed by atoms with E-state index in [2.05, 4.69) is 12.1 Å². The number of unbranched alkanes of at least 4 members (excludes halogenated alkanes) is 2. The summed E-state index contributed by atoms with van der Waals surface area (Å²) in [6, 6.07) is 10.2. The summed E-state index contributed by atoms with van der Waals surface area (Å²) >= 11 is 0. The monoisotopic (exact) mass is 365 g/mol. The van der Waals surface area contributed by atoms with E-state index in [1.54, 1.807) is 0 Å². The van der Waals surface area contributed by atoms with Crippen LogP contribution in [-0.4, -0.2) is 49.6 Å². The minimum Gasteiger partial charge on any atom is -0.335 e. The van der Waals surface area contributed by atoms with Crippen molar-refractivity contribution >= 4 is 21.5 Å². The lowest BCUT2D eigenvalue weighted by Crippen LogP contribution is -2.46. The van der Waals surface area contributed by atoms with Crippen LogP contribution in [0.5, 0.6) is 0 Å². The molecule has 5 nitrogen and oxygen atoms in total. The molecule has 0 bridgehead atoms. The summed E-state index contributed by atoms with van der Waals surface area (Å²) in [4.78, 5) is 24.8. The van der Waals surface area contributed by atoms with E-state index in [-0.39, 0.29) is 24.7 Å². The lowest BCUT2D eigenvalue weighted by atomic mass is 10.0. The summed E-state index contributed by atoms with van der Waals surface area (Å²) in [6.45, 7) is 0.659. The van der Waals surface area contributed by atoms with Crippen molar-refractivity contribution in [2.45, 2.75) is 50.2 Å². The van der Waals surface area contributed by atoms with Gasteiger partial charge in [-0.3, -0.25) is 9.59 Å². The number of amides is 1. The second kappa shape index (κ2) is 9.13. The number of carbonyl (C=O) groups is 2. The molecule has 2 rings (SSSR count). The molecule has 0 saturated carbocycles. The SMILES string of the molecule is CS(=O)(=O)C(CCCCCc1ccccc1)CC(=O)CN1CCC1=O. The van der Waals surface area contributed by atoms with E-state index in [9.17, 15) is 18.0 Å². The zero-order chi connectivity index (χ0) is 18.3. The number of aryl methyl sites for hydroxylation is 1. The molecule has 0 aromatic heterocycles. The van der Waals surface area contributed by atoms with Gasteiger partial charge in [0.1, 0.15) is 0 Å². The summed E-state index contributed by atoms with van der Waals surface area (Å²) in [6.07, 6.45) is 5.94. The molecule has 6 heteroatoms. The maximum atomic E-state index is 12.1. The Bertz CT molecular complexity index is 685. The fourth-order valence-corrected chi connectivity index (χ4v) is 4.13. The van der Waals surface area contributed by atoms with Gasteiger partial charge in [-0.15, -0.1) is 0 Å². The van der Waals surface area contributed by atoms with Crippen LogP contribution in [0.15, 0.2) is 30.3 Å². The van der Waals surface area contributed by atoms with Crippen molar-refractivity contribution in [1.82, 2.24) is 4.90 Å². The van der Waals surface area contributed by atoms with Crippen LogP contribution in [0.4, 0.5) is 0 Å². The van der Waals surface area contributed by atoms with Crippen LogP contribution in [0.3, 0.4) is 0 Å². The van der Waals surface area contributed by atoms with Crippen molar-refractivity contribution in [1.29, 1.82) is 0 Å². The van der Waals surface area contributed by atoms with Crippen LogP contribution in [0.2, 0.25) is 0 Å². The third kappa shape index (κ3) is 6.61. The fourth-order valence-electron chi connectivity index (χ4n) is 3.05. The molecule has 1 aromatic rings. The molecule has 1 aromatic carbocycles. The summed E-state index contributed by atoms with van der Waals surface area (Å²) in [7, 11) is -3.26. The van der Waals surface area contributed by atoms with Crippen molar-refractivity contribution in [3.05, 3.63) is 35.9 Å². The van der Waals surface area contributed by atoms with Crippen molar-refractivity contribution in [3.63, 3.8) is 0 Å². The second-order valence-corrected chi connectivity index (χ2v) is 9.17. The van der Waals surface area contributed by atoms with Crippen LogP contribution in [0, 0.1) is 0 Å². The Balaban J connectivity index is 1.72. The van der Waals surface area contributed by atoms with E-state index < -0.39 is 15.1 Å². The summed E-state index contributed by atoms with van der Waals surface area (Å²) < 4.78 is 23.9. The number of rotatable bonds is 11. The number of nitrogens with zero attached hydrogens (tertiary/aromatic N) is 1. The van der Waals surface area contributed by atoms with Crippen LogP contribution < -0.4 is 0 Å². The normalized spacial score (nSPS) is 15.7. The maximum absolute atomic E-state index is 12.1. The average Bonchev–Trinajstić information content (AvgIpc) is 2.57. The quantitative estimate of drug-likeness (QED) is 0.446. The van der Waals surface area contributed by atoms with E-state index in [4.69, 9.17) is 0 Å². The highest BCUT2D eigenvalue weighted by molar-refractivity contribution is 7.91. The second-order valence-electron chi connectivity index (χ2n) is 6.84. The first-order chi connectivity index (χ1) is 11.9. The number of carbonyl (C=O) groups excluding carboxylic acids is 2. The third-order valence-corrected chi connectivity index (χ3v) is 6.32. The first-order valence-corrected chi connectivity index (χ1v) is 10.8. The Morgan fingerprint density at radius 1 is 1.16 bits per heavy atom. The predicted molar refractivity (Wildman–Crippen MR) is 98.1 cm³/mol. The minimum atomic E-state index is -3.26. The van der Waals surface area contributed by atoms with Gasteiger partial charge in [0.05, 0.1) is 11.8 Å². The summed E-state index contributed by atoms with van der Waals surface area (Å²) in [5.74, 6) is -0.182. The first kappa shape index (κ1) is 19.6. The van der Waals surface area contributed by atoms with E-state index >= 15 is 0 Å². The molecule has 0 spiro atoms. The Hall–Kier alpha value is -1.69. The standard InChI is InChI=1S/C19H27NO4S/c1-25(23,24)18(14-17(21)15-20-13-12-19(20)22)11-7-3-6-10-16-8-4-2-5-9-16/h2,4-5,8-9,18H,3,6-7,10-15H2,1H3. The summed E-state index contributed by atoms with van der Waals surface area (Å²) in [5.41, 5.74) is 1.29. The van der Waals surface area contributed by atoms with Crippen LogP contribution >= 0.6 is 0 Å². The number of benzene rings is 1. The molecule has 0 radical (unpaired) electrons. The Kier molecular flexibility index (Phi) is 7.17.